The van der Waals surface area contributed by atoms with Gasteiger partial charge < -0.3 is 4.90 Å². The van der Waals surface area contributed by atoms with Crippen LogP contribution in [0.15, 0.2) is 41.6 Å². The van der Waals surface area contributed by atoms with Crippen LogP contribution in [0.25, 0.3) is 0 Å². The van der Waals surface area contributed by atoms with E-state index in [0.29, 0.717) is 6.67 Å². The van der Waals surface area contributed by atoms with Crippen LogP contribution in [0.1, 0.15) is 0 Å². The fourth-order valence-corrected chi connectivity index (χ4v) is 0.729. The van der Waals surface area contributed by atoms with Crippen molar-refractivity contribution in [2.45, 2.75) is 0 Å². The van der Waals surface area contributed by atoms with E-state index >= 15 is 0 Å². The van der Waals surface area contributed by atoms with Gasteiger partial charge in [0.05, 0.1) is 0 Å². The summed E-state index contributed by atoms with van der Waals surface area (Å²) in [7, 11) is 1.97. The Hall–Kier alpha value is -1.31. The van der Waals surface area contributed by atoms with Crippen LogP contribution in [0.5, 0.6) is 0 Å². The number of allylic oxidation sites excluding steroid dienone is 4. The van der Waals surface area contributed by atoms with E-state index in [0.717, 1.165) is 5.70 Å². The van der Waals surface area contributed by atoms with Crippen molar-refractivity contribution in [3.05, 3.63) is 36.6 Å². The molecule has 0 saturated carbocycles. The van der Waals surface area contributed by atoms with Gasteiger partial charge in [-0.2, -0.15) is 0 Å². The summed E-state index contributed by atoms with van der Waals surface area (Å²) in [5, 5.41) is 0. The lowest BCUT2D eigenvalue weighted by atomic mass is 10.4. The first-order chi connectivity index (χ1) is 5.30. The molecule has 0 aromatic heterocycles. The minimum Gasteiger partial charge on any atom is -0.356 e. The van der Waals surface area contributed by atoms with Gasteiger partial charge in [-0.1, -0.05) is 18.7 Å². The van der Waals surface area contributed by atoms with Gasteiger partial charge in [-0.05, 0) is 12.2 Å². The summed E-state index contributed by atoms with van der Waals surface area (Å²) >= 11 is 0. The summed E-state index contributed by atoms with van der Waals surface area (Å²) in [6.45, 7) is 4.54. The van der Waals surface area contributed by atoms with E-state index < -0.39 is 0 Å². The lowest BCUT2D eigenvalue weighted by Gasteiger charge is -2.15. The molecule has 2 nitrogen and oxygen atoms in total. The molecule has 0 fully saturated rings. The molecule has 2 heteroatoms. The van der Waals surface area contributed by atoms with Gasteiger partial charge in [0.15, 0.2) is 0 Å². The number of likely N-dealkylation sites (N-methyl/N-ethyl adjacent to an activating group) is 1. The van der Waals surface area contributed by atoms with Crippen LogP contribution in [0.3, 0.4) is 0 Å². The van der Waals surface area contributed by atoms with Crippen molar-refractivity contribution in [1.82, 2.24) is 4.90 Å². The van der Waals surface area contributed by atoms with E-state index in [9.17, 15) is 0 Å². The summed E-state index contributed by atoms with van der Waals surface area (Å²) in [6, 6.07) is 0. The predicted octanol–water partition coefficient (Wildman–Crippen LogP) is 1.59. The molecule has 1 aliphatic heterocycles. The number of hydrogen-bond donors (Lipinski definition) is 0. The molecule has 0 amide bonds. The van der Waals surface area contributed by atoms with Gasteiger partial charge >= 0.3 is 0 Å². The molecule has 0 aliphatic carbocycles. The lowest BCUT2D eigenvalue weighted by Crippen LogP contribution is -2.15. The number of nitrogens with zero attached hydrogens (tertiary/aromatic N) is 2. The maximum absolute atomic E-state index is 4.14. The molecule has 11 heavy (non-hydrogen) atoms. The predicted molar refractivity (Wildman–Crippen MR) is 48.5 cm³/mol. The van der Waals surface area contributed by atoms with E-state index in [-0.39, 0.29) is 0 Å². The molecule has 0 radical (unpaired) electrons. The summed E-state index contributed by atoms with van der Waals surface area (Å²) in [4.78, 5) is 6.12. The third-order valence-electron chi connectivity index (χ3n) is 1.49. The third-order valence-corrected chi connectivity index (χ3v) is 1.49. The Morgan fingerprint density at radius 2 is 2.27 bits per heavy atom. The largest absolute Gasteiger partial charge is 0.356 e. The van der Waals surface area contributed by atoms with Crippen molar-refractivity contribution in [3.8, 4) is 0 Å². The highest BCUT2D eigenvalue weighted by molar-refractivity contribution is 5.71. The van der Waals surface area contributed by atoms with Gasteiger partial charge in [-0.3, -0.25) is 4.99 Å². The molecule has 0 saturated heterocycles. The topological polar surface area (TPSA) is 15.6 Å². The first kappa shape index (κ1) is 7.79. The Kier molecular flexibility index (Phi) is 2.66. The fraction of sp³-hybridized carbons (Fsp3) is 0.222. The molecule has 0 aromatic rings. The van der Waals surface area contributed by atoms with E-state index in [1.54, 1.807) is 6.21 Å². The molecule has 1 aliphatic rings. The van der Waals surface area contributed by atoms with Crippen molar-refractivity contribution in [2.24, 2.45) is 4.99 Å². The van der Waals surface area contributed by atoms with Gasteiger partial charge in [-0.25, -0.2) is 0 Å². The molecule has 1 heterocycles. The molecule has 0 unspecified atom stereocenters. The van der Waals surface area contributed by atoms with E-state index in [4.69, 9.17) is 0 Å². The van der Waals surface area contributed by atoms with E-state index in [2.05, 4.69) is 11.6 Å². The van der Waals surface area contributed by atoms with Crippen molar-refractivity contribution in [1.29, 1.82) is 0 Å². The highest BCUT2D eigenvalue weighted by Crippen LogP contribution is 2.00. The average molecular weight is 148 g/mol. The number of rotatable bonds is 0. The smallest absolute Gasteiger partial charge is 0.109 e. The molecule has 0 atom stereocenters. The van der Waals surface area contributed by atoms with Crippen LogP contribution in [0.4, 0.5) is 0 Å². The summed E-state index contributed by atoms with van der Waals surface area (Å²) in [5.41, 5.74) is 0.980. The van der Waals surface area contributed by atoms with Crippen molar-refractivity contribution >= 4 is 6.21 Å². The summed E-state index contributed by atoms with van der Waals surface area (Å²) < 4.78 is 0. The fourth-order valence-electron chi connectivity index (χ4n) is 0.729. The van der Waals surface area contributed by atoms with E-state index in [1.807, 2.05) is 36.3 Å². The van der Waals surface area contributed by atoms with Gasteiger partial charge in [0, 0.05) is 19.0 Å². The molecule has 0 bridgehead atoms. The van der Waals surface area contributed by atoms with Crippen LogP contribution in [0.2, 0.25) is 0 Å². The van der Waals surface area contributed by atoms with E-state index in [1.165, 1.54) is 0 Å². The van der Waals surface area contributed by atoms with Gasteiger partial charge in [0.2, 0.25) is 0 Å². The Bertz CT molecular complexity index is 224. The van der Waals surface area contributed by atoms with Crippen molar-refractivity contribution in [3.63, 3.8) is 0 Å². The molecule has 0 N–H and O–H groups in total. The maximum Gasteiger partial charge on any atom is 0.109 e. The van der Waals surface area contributed by atoms with Crippen LogP contribution < -0.4 is 0 Å². The van der Waals surface area contributed by atoms with Crippen LogP contribution in [-0.2, 0) is 0 Å². The lowest BCUT2D eigenvalue weighted by molar-refractivity contribution is 0.449. The normalized spacial score (nSPS) is 23.7. The quantitative estimate of drug-likeness (QED) is 0.509. The minimum absolute atomic E-state index is 0.674. The van der Waals surface area contributed by atoms with Crippen molar-refractivity contribution < 1.29 is 0 Å². The van der Waals surface area contributed by atoms with Gasteiger partial charge in [0.1, 0.15) is 6.67 Å². The molecule has 0 spiro atoms. The number of hydrogen-bond acceptors (Lipinski definition) is 2. The first-order valence-corrected chi connectivity index (χ1v) is 3.54. The Morgan fingerprint density at radius 3 is 3.09 bits per heavy atom. The van der Waals surface area contributed by atoms with Crippen molar-refractivity contribution in [2.75, 3.05) is 13.7 Å². The van der Waals surface area contributed by atoms with Gasteiger partial charge in [0.25, 0.3) is 0 Å². The minimum atomic E-state index is 0.674. The second-order valence-corrected chi connectivity index (χ2v) is 2.41. The molecule has 58 valence electrons. The zero-order valence-electron chi connectivity index (χ0n) is 6.70. The van der Waals surface area contributed by atoms with Crippen LogP contribution >= 0.6 is 0 Å². The third kappa shape index (κ3) is 2.42. The SMILES string of the molecule is C=C1/C=C\C=C/C=NCN1C. The second-order valence-electron chi connectivity index (χ2n) is 2.41. The van der Waals surface area contributed by atoms with Crippen LogP contribution in [0, 0.1) is 0 Å². The Balaban J connectivity index is 2.73. The molecular weight excluding hydrogens is 136 g/mol. The molecule has 1 rings (SSSR count). The highest BCUT2D eigenvalue weighted by atomic mass is 15.2. The highest BCUT2D eigenvalue weighted by Gasteiger charge is 1.94. The standard InChI is InChI=1S/C9H12N2/c1-9-6-4-3-5-7-10-8-11(9)2/h3-7H,1,8H2,2H3/b5-3-,6-4-,10-7?. The first-order valence-electron chi connectivity index (χ1n) is 3.54. The summed E-state index contributed by atoms with van der Waals surface area (Å²) in [5.74, 6) is 0. The second kappa shape index (κ2) is 3.76. The Morgan fingerprint density at radius 1 is 1.45 bits per heavy atom. The van der Waals surface area contributed by atoms with Crippen LogP contribution in [-0.4, -0.2) is 24.8 Å². The molecule has 0 aromatic carbocycles. The van der Waals surface area contributed by atoms with Gasteiger partial charge in [-0.15, -0.1) is 0 Å². The monoisotopic (exact) mass is 148 g/mol. The zero-order chi connectivity index (χ0) is 8.10. The average Bonchev–Trinajstić information content (AvgIpc) is 2.07. The number of aliphatic imine (C=N–C) groups is 1. The maximum atomic E-state index is 4.14. The molecular formula is C9H12N2. The zero-order valence-corrected chi connectivity index (χ0v) is 6.70. The Labute approximate surface area is 67.2 Å². The summed E-state index contributed by atoms with van der Waals surface area (Å²) in [6.07, 6.45) is 9.55.